The maximum absolute atomic E-state index is 12.8. The molecule has 8 heteroatoms. The summed E-state index contributed by atoms with van der Waals surface area (Å²) in [5, 5.41) is 7.32. The monoisotopic (exact) mass is 388 g/mol. The van der Waals surface area contributed by atoms with Crippen molar-refractivity contribution in [2.24, 2.45) is 0 Å². The third-order valence-corrected chi connectivity index (χ3v) is 4.67. The molecule has 3 aromatic heterocycles. The summed E-state index contributed by atoms with van der Waals surface area (Å²) in [7, 11) is 0. The zero-order valence-electron chi connectivity index (χ0n) is 16.2. The number of nitrogens with one attached hydrogen (secondary N) is 1. The highest BCUT2D eigenvalue weighted by atomic mass is 16.2. The molecule has 4 aromatic rings. The van der Waals surface area contributed by atoms with Gasteiger partial charge in [-0.1, -0.05) is 12.1 Å². The Morgan fingerprint density at radius 3 is 2.62 bits per heavy atom. The number of carbonyl (C=O) groups excluding carboxylic acids is 1. The molecule has 29 heavy (non-hydrogen) atoms. The average molecular weight is 388 g/mol. The van der Waals surface area contributed by atoms with E-state index in [1.54, 1.807) is 41.5 Å². The smallest absolute Gasteiger partial charge is 0.261 e. The van der Waals surface area contributed by atoms with Gasteiger partial charge >= 0.3 is 0 Å². The zero-order chi connectivity index (χ0) is 20.4. The van der Waals surface area contributed by atoms with Gasteiger partial charge in [0.1, 0.15) is 23.9 Å². The zero-order valence-corrected chi connectivity index (χ0v) is 16.2. The van der Waals surface area contributed by atoms with Gasteiger partial charge in [-0.25, -0.2) is 14.6 Å². The number of aromatic nitrogens is 5. The van der Waals surface area contributed by atoms with Crippen molar-refractivity contribution in [1.29, 1.82) is 0 Å². The van der Waals surface area contributed by atoms with Crippen LogP contribution in [-0.2, 0) is 13.1 Å². The number of hydrogen-bond donors (Lipinski definition) is 1. The van der Waals surface area contributed by atoms with Crippen LogP contribution >= 0.6 is 0 Å². The van der Waals surface area contributed by atoms with Crippen LogP contribution in [0.2, 0.25) is 0 Å². The molecule has 146 valence electrons. The first-order valence-corrected chi connectivity index (χ1v) is 9.28. The van der Waals surface area contributed by atoms with E-state index in [0.29, 0.717) is 29.8 Å². The van der Waals surface area contributed by atoms with Crippen LogP contribution in [0.15, 0.2) is 60.0 Å². The summed E-state index contributed by atoms with van der Waals surface area (Å²) in [6.45, 7) is 5.01. The number of carbonyl (C=O) groups is 1. The molecule has 1 N–H and O–H groups in total. The lowest BCUT2D eigenvalue weighted by molar-refractivity contribution is 0.102. The maximum atomic E-state index is 12.8. The van der Waals surface area contributed by atoms with Crippen molar-refractivity contribution in [1.82, 2.24) is 24.3 Å². The van der Waals surface area contributed by atoms with Gasteiger partial charge < -0.3 is 9.88 Å². The van der Waals surface area contributed by atoms with Crippen LogP contribution in [0.25, 0.3) is 11.0 Å². The van der Waals surface area contributed by atoms with Crippen molar-refractivity contribution < 1.29 is 4.79 Å². The second kappa shape index (κ2) is 7.67. The molecular weight excluding hydrogens is 368 g/mol. The number of nitrogens with zero attached hydrogens (tertiary/aromatic N) is 5. The highest BCUT2D eigenvalue weighted by Gasteiger charge is 2.16. The van der Waals surface area contributed by atoms with E-state index in [4.69, 9.17) is 0 Å². The molecule has 1 aromatic carbocycles. The summed E-state index contributed by atoms with van der Waals surface area (Å²) in [5.74, 6) is -0.441. The minimum absolute atomic E-state index is 0.0942. The summed E-state index contributed by atoms with van der Waals surface area (Å²) in [6.07, 6.45) is 4.70. The normalized spacial score (nSPS) is 11.0. The van der Waals surface area contributed by atoms with Crippen LogP contribution in [0.3, 0.4) is 0 Å². The Balaban J connectivity index is 1.60. The highest BCUT2D eigenvalue weighted by molar-refractivity contribution is 6.05. The largest absolute Gasteiger partial charge is 0.332 e. The standard InChI is InChI=1S/C21H20N6O2/c1-3-26-11-18(19(28)17-9-4-14(2)24-20(17)26)21(29)25-16-7-5-15(6-8-16)10-27-13-22-12-23-27/h4-9,11-13H,3,10H2,1-2H3,(H,25,29). The van der Waals surface area contributed by atoms with Gasteiger partial charge in [0.25, 0.3) is 5.91 Å². The van der Waals surface area contributed by atoms with E-state index in [-0.39, 0.29) is 11.0 Å². The average Bonchev–Trinajstić information content (AvgIpc) is 3.22. The van der Waals surface area contributed by atoms with E-state index < -0.39 is 5.91 Å². The van der Waals surface area contributed by atoms with Crippen LogP contribution in [0, 0.1) is 6.92 Å². The van der Waals surface area contributed by atoms with E-state index in [1.807, 2.05) is 30.5 Å². The number of fused-ring (bicyclic) bond motifs is 1. The van der Waals surface area contributed by atoms with Crippen molar-refractivity contribution in [3.05, 3.63) is 82.3 Å². The maximum Gasteiger partial charge on any atom is 0.261 e. The molecule has 0 aliphatic rings. The number of pyridine rings is 2. The van der Waals surface area contributed by atoms with E-state index in [0.717, 1.165) is 11.3 Å². The summed E-state index contributed by atoms with van der Waals surface area (Å²) < 4.78 is 3.53. The van der Waals surface area contributed by atoms with Gasteiger partial charge in [0.15, 0.2) is 0 Å². The molecule has 8 nitrogen and oxygen atoms in total. The fraction of sp³-hybridized carbons (Fsp3) is 0.190. The Bertz CT molecular complexity index is 1230. The molecule has 0 radical (unpaired) electrons. The van der Waals surface area contributed by atoms with Gasteiger partial charge in [-0.05, 0) is 43.7 Å². The molecule has 0 aliphatic carbocycles. The Morgan fingerprint density at radius 2 is 1.93 bits per heavy atom. The molecule has 1 amide bonds. The van der Waals surface area contributed by atoms with Gasteiger partial charge in [-0.3, -0.25) is 9.59 Å². The van der Waals surface area contributed by atoms with E-state index in [9.17, 15) is 9.59 Å². The number of anilines is 1. The number of rotatable bonds is 5. The highest BCUT2D eigenvalue weighted by Crippen LogP contribution is 2.14. The number of benzene rings is 1. The van der Waals surface area contributed by atoms with Gasteiger partial charge in [0.05, 0.1) is 11.9 Å². The molecule has 0 spiro atoms. The molecule has 0 saturated carbocycles. The van der Waals surface area contributed by atoms with Crippen molar-refractivity contribution in [3.63, 3.8) is 0 Å². The van der Waals surface area contributed by atoms with Crippen molar-refractivity contribution in [2.45, 2.75) is 26.9 Å². The SMILES string of the molecule is CCn1cc(C(=O)Nc2ccc(Cn3cncn3)cc2)c(=O)c2ccc(C)nc21. The van der Waals surface area contributed by atoms with Gasteiger partial charge in [0.2, 0.25) is 5.43 Å². The first kappa shape index (κ1) is 18.5. The van der Waals surface area contributed by atoms with Crippen molar-refractivity contribution in [3.8, 4) is 0 Å². The quantitative estimate of drug-likeness (QED) is 0.567. The Labute approximate surface area is 166 Å². The van der Waals surface area contributed by atoms with E-state index in [2.05, 4.69) is 20.4 Å². The topological polar surface area (TPSA) is 94.7 Å². The lowest BCUT2D eigenvalue weighted by Gasteiger charge is -2.12. The Morgan fingerprint density at radius 1 is 1.14 bits per heavy atom. The molecule has 0 saturated heterocycles. The lowest BCUT2D eigenvalue weighted by atomic mass is 10.1. The molecular formula is C21H20N6O2. The van der Waals surface area contributed by atoms with Crippen molar-refractivity contribution >= 4 is 22.6 Å². The fourth-order valence-electron chi connectivity index (χ4n) is 3.16. The van der Waals surface area contributed by atoms with Crippen LogP contribution in [-0.4, -0.2) is 30.2 Å². The van der Waals surface area contributed by atoms with Gasteiger partial charge in [-0.2, -0.15) is 5.10 Å². The van der Waals surface area contributed by atoms with Crippen LogP contribution < -0.4 is 10.7 Å². The molecule has 0 atom stereocenters. The van der Waals surface area contributed by atoms with E-state index >= 15 is 0 Å². The molecule has 3 heterocycles. The molecule has 0 aliphatic heterocycles. The third-order valence-electron chi connectivity index (χ3n) is 4.67. The Hall–Kier alpha value is -3.81. The summed E-state index contributed by atoms with van der Waals surface area (Å²) in [6, 6.07) is 10.9. The molecule has 0 bridgehead atoms. The van der Waals surface area contributed by atoms with E-state index in [1.165, 1.54) is 6.33 Å². The second-order valence-electron chi connectivity index (χ2n) is 6.73. The summed E-state index contributed by atoms with van der Waals surface area (Å²) >= 11 is 0. The fourth-order valence-corrected chi connectivity index (χ4v) is 3.16. The van der Waals surface area contributed by atoms with Crippen LogP contribution in [0.1, 0.15) is 28.5 Å². The summed E-state index contributed by atoms with van der Waals surface area (Å²) in [5.41, 5.74) is 2.82. The molecule has 4 rings (SSSR count). The second-order valence-corrected chi connectivity index (χ2v) is 6.73. The number of amides is 1. The number of hydrogen-bond acceptors (Lipinski definition) is 5. The minimum atomic E-state index is -0.441. The minimum Gasteiger partial charge on any atom is -0.332 e. The van der Waals surface area contributed by atoms with Gasteiger partial charge in [0, 0.05) is 24.1 Å². The van der Waals surface area contributed by atoms with Crippen LogP contribution in [0.5, 0.6) is 0 Å². The summed E-state index contributed by atoms with van der Waals surface area (Å²) in [4.78, 5) is 34.0. The lowest BCUT2D eigenvalue weighted by Crippen LogP contribution is -2.24. The predicted molar refractivity (Wildman–Crippen MR) is 110 cm³/mol. The predicted octanol–water partition coefficient (Wildman–Crippen LogP) is 2.62. The first-order valence-electron chi connectivity index (χ1n) is 9.28. The third kappa shape index (κ3) is 3.77. The van der Waals surface area contributed by atoms with Crippen LogP contribution in [0.4, 0.5) is 5.69 Å². The number of aryl methyl sites for hydroxylation is 2. The molecule has 0 unspecified atom stereocenters. The molecule has 0 fully saturated rings. The Kier molecular flexibility index (Phi) is 4.90. The van der Waals surface area contributed by atoms with Crippen molar-refractivity contribution in [2.75, 3.05) is 5.32 Å². The first-order chi connectivity index (χ1) is 14.0. The van der Waals surface area contributed by atoms with Gasteiger partial charge in [-0.15, -0.1) is 0 Å².